The molecule has 0 bridgehead atoms. The Morgan fingerprint density at radius 3 is 2.59 bits per heavy atom. The average molecular weight is 319 g/mol. The molecule has 2 N–H and O–H groups in total. The maximum Gasteiger partial charge on any atom is 0.337 e. The number of halogens is 1. The molecule has 0 aromatic heterocycles. The van der Waals surface area contributed by atoms with Crippen molar-refractivity contribution in [3.8, 4) is 0 Å². The predicted octanol–water partition coefficient (Wildman–Crippen LogP) is 1.60. The van der Waals surface area contributed by atoms with Gasteiger partial charge in [0.1, 0.15) is 5.78 Å². The van der Waals surface area contributed by atoms with Gasteiger partial charge < -0.3 is 10.2 Å². The molecule has 92 valence electrons. The smallest absolute Gasteiger partial charge is 0.337 e. The lowest BCUT2D eigenvalue weighted by atomic mass is 9.98. The average Bonchev–Trinajstić information content (AvgIpc) is 2.28. The monoisotopic (exact) mass is 318 g/mol. The fourth-order valence-corrected chi connectivity index (χ4v) is 2.00. The molecule has 0 amide bonds. The van der Waals surface area contributed by atoms with E-state index in [1.165, 1.54) is 0 Å². The van der Waals surface area contributed by atoms with Gasteiger partial charge in [-0.15, -0.1) is 12.6 Å². The third kappa shape index (κ3) is 3.55. The maximum atomic E-state index is 11.3. The topological polar surface area (TPSA) is 74.6 Å². The Morgan fingerprint density at radius 1 is 1.41 bits per heavy atom. The number of ketones is 1. The van der Waals surface area contributed by atoms with Crippen LogP contribution < -0.4 is 0 Å². The van der Waals surface area contributed by atoms with Gasteiger partial charge in [0.05, 0.1) is 5.33 Å². The van der Waals surface area contributed by atoms with Crippen LogP contribution in [-0.4, -0.2) is 27.3 Å². The van der Waals surface area contributed by atoms with Crippen LogP contribution in [0.15, 0.2) is 23.1 Å². The number of hydrogen-bond donors (Lipinski definition) is 3. The number of carbonyl (C=O) groups is 2. The first-order valence-corrected chi connectivity index (χ1v) is 6.33. The molecule has 0 heterocycles. The summed E-state index contributed by atoms with van der Waals surface area (Å²) in [4.78, 5) is 22.5. The first-order valence-electron chi connectivity index (χ1n) is 4.76. The minimum atomic E-state index is -1.66. The fourth-order valence-electron chi connectivity index (χ4n) is 1.45. The van der Waals surface area contributed by atoms with Crippen molar-refractivity contribution in [3.05, 3.63) is 29.3 Å². The number of rotatable bonds is 5. The number of aliphatic carboxylic acids is 1. The molecule has 0 aliphatic carbocycles. The highest BCUT2D eigenvalue weighted by atomic mass is 79.9. The zero-order valence-electron chi connectivity index (χ0n) is 8.76. The molecule has 17 heavy (non-hydrogen) atoms. The van der Waals surface area contributed by atoms with Crippen LogP contribution in [0.25, 0.3) is 0 Å². The minimum Gasteiger partial charge on any atom is -0.479 e. The molecule has 0 spiro atoms. The van der Waals surface area contributed by atoms with Crippen LogP contribution >= 0.6 is 28.6 Å². The molecule has 1 rings (SSSR count). The Kier molecular flexibility index (Phi) is 5.17. The molecular formula is C11H11BrO4S. The lowest BCUT2D eigenvalue weighted by molar-refractivity contribution is -0.147. The summed E-state index contributed by atoms with van der Waals surface area (Å²) in [5.41, 5.74) is 0.662. The molecule has 0 fully saturated rings. The quantitative estimate of drug-likeness (QED) is 0.569. The van der Waals surface area contributed by atoms with Crippen molar-refractivity contribution in [1.29, 1.82) is 0 Å². The zero-order chi connectivity index (χ0) is 13.0. The highest BCUT2D eigenvalue weighted by Crippen LogP contribution is 2.26. The number of carboxylic acids is 1. The van der Waals surface area contributed by atoms with Crippen molar-refractivity contribution in [3.63, 3.8) is 0 Å². The van der Waals surface area contributed by atoms with Gasteiger partial charge in [-0.2, -0.15) is 0 Å². The number of hydrogen-bond acceptors (Lipinski definition) is 4. The van der Waals surface area contributed by atoms with E-state index >= 15 is 0 Å². The van der Waals surface area contributed by atoms with Crippen LogP contribution in [0.5, 0.6) is 0 Å². The molecule has 0 radical (unpaired) electrons. The van der Waals surface area contributed by atoms with E-state index in [1.54, 1.807) is 18.2 Å². The first-order chi connectivity index (χ1) is 7.97. The highest BCUT2D eigenvalue weighted by Gasteiger charge is 2.22. The molecule has 1 aromatic rings. The molecular weight excluding hydrogens is 308 g/mol. The van der Waals surface area contributed by atoms with Crippen molar-refractivity contribution in [2.75, 3.05) is 5.33 Å². The number of carbonyl (C=O) groups excluding carboxylic acids is 1. The molecule has 0 aliphatic heterocycles. The van der Waals surface area contributed by atoms with Gasteiger partial charge >= 0.3 is 5.97 Å². The number of thiol groups is 1. The Balaban J connectivity index is 3.17. The van der Waals surface area contributed by atoms with E-state index in [0.29, 0.717) is 10.5 Å². The number of aliphatic hydroxyl groups is 1. The molecule has 0 saturated heterocycles. The fraction of sp³-hybridized carbons (Fsp3) is 0.273. The number of carboxylic acid groups (broad SMARTS) is 1. The molecule has 0 aliphatic rings. The Bertz CT molecular complexity index is 447. The van der Waals surface area contributed by atoms with E-state index < -0.39 is 12.1 Å². The summed E-state index contributed by atoms with van der Waals surface area (Å²) in [6.07, 6.45) is -1.60. The van der Waals surface area contributed by atoms with Crippen molar-refractivity contribution in [2.24, 2.45) is 0 Å². The lowest BCUT2D eigenvalue weighted by Gasteiger charge is -2.14. The molecule has 0 saturated carbocycles. The van der Waals surface area contributed by atoms with Crippen molar-refractivity contribution in [1.82, 2.24) is 0 Å². The summed E-state index contributed by atoms with van der Waals surface area (Å²) in [7, 11) is 0. The number of aliphatic hydroxyl groups excluding tert-OH is 1. The third-order valence-electron chi connectivity index (χ3n) is 2.22. The first kappa shape index (κ1) is 14.2. The normalized spacial score (nSPS) is 12.2. The van der Waals surface area contributed by atoms with Crippen molar-refractivity contribution >= 4 is 40.3 Å². The summed E-state index contributed by atoms with van der Waals surface area (Å²) in [5.74, 6) is -1.46. The van der Waals surface area contributed by atoms with Crippen molar-refractivity contribution in [2.45, 2.75) is 17.4 Å². The Morgan fingerprint density at radius 2 is 2.06 bits per heavy atom. The second kappa shape index (κ2) is 6.18. The molecule has 6 heteroatoms. The van der Waals surface area contributed by atoms with Gasteiger partial charge in [0.15, 0.2) is 6.10 Å². The Labute approximate surface area is 112 Å². The number of alkyl halides is 1. The van der Waals surface area contributed by atoms with E-state index in [1.807, 2.05) is 0 Å². The summed E-state index contributed by atoms with van der Waals surface area (Å²) in [6.45, 7) is 0. The van der Waals surface area contributed by atoms with Crippen molar-refractivity contribution < 1.29 is 19.8 Å². The minimum absolute atomic E-state index is 0.0688. The zero-order valence-corrected chi connectivity index (χ0v) is 11.2. The molecule has 1 atom stereocenters. The maximum absolute atomic E-state index is 11.3. The van der Waals surface area contributed by atoms with Gasteiger partial charge in [0.2, 0.25) is 0 Å². The summed E-state index contributed by atoms with van der Waals surface area (Å²) in [5, 5.41) is 18.6. The van der Waals surface area contributed by atoms with Gasteiger partial charge in [0.25, 0.3) is 0 Å². The van der Waals surface area contributed by atoms with E-state index in [2.05, 4.69) is 28.6 Å². The Hall–Kier alpha value is -0.850. The second-order valence-electron chi connectivity index (χ2n) is 3.44. The summed E-state index contributed by atoms with van der Waals surface area (Å²) >= 11 is 7.14. The summed E-state index contributed by atoms with van der Waals surface area (Å²) < 4.78 is 0. The van der Waals surface area contributed by atoms with Crippen LogP contribution in [0, 0.1) is 0 Å². The van der Waals surface area contributed by atoms with E-state index in [-0.39, 0.29) is 23.1 Å². The van der Waals surface area contributed by atoms with Gasteiger partial charge in [-0.05, 0) is 11.6 Å². The van der Waals surface area contributed by atoms with Gasteiger partial charge in [0, 0.05) is 16.9 Å². The largest absolute Gasteiger partial charge is 0.479 e. The van der Waals surface area contributed by atoms with Crippen LogP contribution in [0.3, 0.4) is 0 Å². The predicted molar refractivity (Wildman–Crippen MR) is 68.8 cm³/mol. The van der Waals surface area contributed by atoms with Crippen LogP contribution in [0.4, 0.5) is 0 Å². The highest BCUT2D eigenvalue weighted by molar-refractivity contribution is 9.09. The molecule has 1 aromatic carbocycles. The van der Waals surface area contributed by atoms with Crippen LogP contribution in [-0.2, 0) is 16.0 Å². The standard InChI is InChI=1S/C11H11BrO4S/c12-5-7(13)4-6-2-1-3-8(17)9(6)10(14)11(15)16/h1-3,10,14,17H,4-5H2,(H,15,16). The third-order valence-corrected chi connectivity index (χ3v) is 3.23. The molecule has 1 unspecified atom stereocenters. The SMILES string of the molecule is O=C(CBr)Cc1cccc(S)c1C(O)C(=O)O. The van der Waals surface area contributed by atoms with E-state index in [4.69, 9.17) is 5.11 Å². The van der Waals surface area contributed by atoms with Crippen LogP contribution in [0.1, 0.15) is 17.2 Å². The second-order valence-corrected chi connectivity index (χ2v) is 4.48. The number of benzene rings is 1. The van der Waals surface area contributed by atoms with Gasteiger partial charge in [-0.25, -0.2) is 4.79 Å². The lowest BCUT2D eigenvalue weighted by Crippen LogP contribution is -2.15. The molecule has 4 nitrogen and oxygen atoms in total. The summed E-state index contributed by atoms with van der Waals surface area (Å²) in [6, 6.07) is 4.85. The van der Waals surface area contributed by atoms with Gasteiger partial charge in [-0.1, -0.05) is 28.1 Å². The van der Waals surface area contributed by atoms with E-state index in [0.717, 1.165) is 0 Å². The van der Waals surface area contributed by atoms with Gasteiger partial charge in [-0.3, -0.25) is 4.79 Å². The van der Waals surface area contributed by atoms with Crippen LogP contribution in [0.2, 0.25) is 0 Å². The number of Topliss-reactive ketones (excluding diaryl/α,β-unsaturated/α-hetero) is 1. The van der Waals surface area contributed by atoms with E-state index in [9.17, 15) is 14.7 Å².